The molecule has 1 N–H and O–H groups in total. The van der Waals surface area contributed by atoms with E-state index in [1.54, 1.807) is 0 Å². The van der Waals surface area contributed by atoms with Crippen LogP contribution in [0.1, 0.15) is 44.0 Å². The van der Waals surface area contributed by atoms with Gasteiger partial charge in [-0.15, -0.1) is 0 Å². The van der Waals surface area contributed by atoms with Gasteiger partial charge in [-0.1, -0.05) is 13.8 Å². The van der Waals surface area contributed by atoms with Crippen molar-refractivity contribution < 1.29 is 0 Å². The molecule has 15 heavy (non-hydrogen) atoms. The Labute approximate surface area is 91.9 Å². The van der Waals surface area contributed by atoms with E-state index < -0.39 is 0 Å². The van der Waals surface area contributed by atoms with Gasteiger partial charge < -0.3 is 5.32 Å². The fraction of sp³-hybridized carbons (Fsp3) is 0.750. The van der Waals surface area contributed by atoms with Gasteiger partial charge in [-0.2, -0.15) is 5.10 Å². The van der Waals surface area contributed by atoms with Gasteiger partial charge in [-0.3, -0.25) is 4.68 Å². The Bertz CT molecular complexity index is 328. The monoisotopic (exact) mass is 207 g/mol. The van der Waals surface area contributed by atoms with Crippen molar-refractivity contribution in [1.82, 2.24) is 15.1 Å². The van der Waals surface area contributed by atoms with E-state index in [2.05, 4.69) is 35.1 Å². The minimum Gasteiger partial charge on any atom is -0.313 e. The van der Waals surface area contributed by atoms with Crippen LogP contribution in [0, 0.1) is 5.92 Å². The van der Waals surface area contributed by atoms with Crippen LogP contribution in [0.3, 0.4) is 0 Å². The summed E-state index contributed by atoms with van der Waals surface area (Å²) < 4.78 is 2.20. The van der Waals surface area contributed by atoms with Gasteiger partial charge in [0.1, 0.15) is 0 Å². The number of aromatic nitrogens is 2. The Balaban J connectivity index is 2.25. The summed E-state index contributed by atoms with van der Waals surface area (Å²) in [5.74, 6) is 0.670. The van der Waals surface area contributed by atoms with Crippen molar-refractivity contribution in [3.63, 3.8) is 0 Å². The molecular formula is C12H21N3. The maximum Gasteiger partial charge on any atom is 0.0540 e. The molecule has 0 saturated carbocycles. The molecule has 0 spiro atoms. The number of hydrogen-bond acceptors (Lipinski definition) is 2. The van der Waals surface area contributed by atoms with Crippen molar-refractivity contribution in [3.05, 3.63) is 17.5 Å². The minimum absolute atomic E-state index is 0.523. The van der Waals surface area contributed by atoms with E-state index in [0.29, 0.717) is 12.0 Å². The van der Waals surface area contributed by atoms with Gasteiger partial charge in [0.2, 0.25) is 0 Å². The summed E-state index contributed by atoms with van der Waals surface area (Å²) in [5, 5.41) is 7.89. The highest BCUT2D eigenvalue weighted by Gasteiger charge is 2.22. The topological polar surface area (TPSA) is 29.9 Å². The molecule has 0 aromatic carbocycles. The highest BCUT2D eigenvalue weighted by Crippen LogP contribution is 2.29. The lowest BCUT2D eigenvalue weighted by Gasteiger charge is -2.23. The van der Waals surface area contributed by atoms with Crippen molar-refractivity contribution >= 4 is 0 Å². The summed E-state index contributed by atoms with van der Waals surface area (Å²) in [7, 11) is 2.04. The van der Waals surface area contributed by atoms with Gasteiger partial charge in [0, 0.05) is 23.8 Å². The van der Waals surface area contributed by atoms with Crippen molar-refractivity contribution in [2.75, 3.05) is 7.05 Å². The van der Waals surface area contributed by atoms with E-state index in [0.717, 1.165) is 6.54 Å². The summed E-state index contributed by atoms with van der Waals surface area (Å²) in [6.45, 7) is 5.53. The van der Waals surface area contributed by atoms with Crippen LogP contribution in [0.25, 0.3) is 0 Å². The SMILES string of the molecule is CNC1CCCc2c1cnn2CC(C)C. The van der Waals surface area contributed by atoms with Gasteiger partial charge in [-0.25, -0.2) is 0 Å². The number of rotatable bonds is 3. The second-order valence-electron chi connectivity index (χ2n) is 4.86. The van der Waals surface area contributed by atoms with Gasteiger partial charge in [-0.05, 0) is 32.2 Å². The summed E-state index contributed by atoms with van der Waals surface area (Å²) in [6.07, 6.45) is 5.78. The van der Waals surface area contributed by atoms with Crippen LogP contribution in [-0.2, 0) is 13.0 Å². The van der Waals surface area contributed by atoms with E-state index >= 15 is 0 Å². The zero-order chi connectivity index (χ0) is 10.8. The van der Waals surface area contributed by atoms with Crippen molar-refractivity contribution in [1.29, 1.82) is 0 Å². The lowest BCUT2D eigenvalue weighted by atomic mass is 9.93. The highest BCUT2D eigenvalue weighted by atomic mass is 15.3. The molecule has 0 aliphatic heterocycles. The Hall–Kier alpha value is -0.830. The molecule has 3 heteroatoms. The first-order valence-electron chi connectivity index (χ1n) is 5.94. The first-order chi connectivity index (χ1) is 7.22. The van der Waals surface area contributed by atoms with Crippen LogP contribution in [0.4, 0.5) is 0 Å². The van der Waals surface area contributed by atoms with Crippen LogP contribution >= 0.6 is 0 Å². The number of fused-ring (bicyclic) bond motifs is 1. The normalized spacial score (nSPS) is 20.7. The number of nitrogens with zero attached hydrogens (tertiary/aromatic N) is 2. The van der Waals surface area contributed by atoms with E-state index in [1.165, 1.54) is 30.5 Å². The second-order valence-corrected chi connectivity index (χ2v) is 4.86. The predicted molar refractivity (Wildman–Crippen MR) is 61.8 cm³/mol. The molecule has 1 aliphatic rings. The lowest BCUT2D eigenvalue weighted by molar-refractivity contribution is 0.440. The first kappa shape index (κ1) is 10.7. The average molecular weight is 207 g/mol. The van der Waals surface area contributed by atoms with E-state index in [9.17, 15) is 0 Å². The quantitative estimate of drug-likeness (QED) is 0.823. The molecule has 2 rings (SSSR count). The molecular weight excluding hydrogens is 186 g/mol. The molecule has 0 saturated heterocycles. The molecule has 1 atom stereocenters. The fourth-order valence-electron chi connectivity index (χ4n) is 2.42. The van der Waals surface area contributed by atoms with E-state index in [4.69, 9.17) is 0 Å². The van der Waals surface area contributed by atoms with Crippen LogP contribution < -0.4 is 5.32 Å². The predicted octanol–water partition coefficient (Wildman–Crippen LogP) is 2.14. The van der Waals surface area contributed by atoms with Gasteiger partial charge in [0.05, 0.1) is 6.20 Å². The van der Waals surface area contributed by atoms with Crippen LogP contribution in [0.2, 0.25) is 0 Å². The Kier molecular flexibility index (Phi) is 3.10. The van der Waals surface area contributed by atoms with Crippen LogP contribution in [0.15, 0.2) is 6.20 Å². The first-order valence-corrected chi connectivity index (χ1v) is 5.94. The average Bonchev–Trinajstić information content (AvgIpc) is 2.61. The summed E-state index contributed by atoms with van der Waals surface area (Å²) in [4.78, 5) is 0. The highest BCUT2D eigenvalue weighted by molar-refractivity contribution is 5.24. The van der Waals surface area contributed by atoms with Crippen LogP contribution in [0.5, 0.6) is 0 Å². The molecule has 0 fully saturated rings. The molecule has 0 radical (unpaired) electrons. The molecule has 1 aromatic rings. The molecule has 0 bridgehead atoms. The van der Waals surface area contributed by atoms with Gasteiger partial charge in [0.25, 0.3) is 0 Å². The third kappa shape index (κ3) is 2.07. The molecule has 1 aliphatic carbocycles. The molecule has 1 heterocycles. The van der Waals surface area contributed by atoms with Gasteiger partial charge in [0.15, 0.2) is 0 Å². The Morgan fingerprint density at radius 3 is 3.07 bits per heavy atom. The minimum atomic E-state index is 0.523. The Morgan fingerprint density at radius 2 is 2.40 bits per heavy atom. The molecule has 1 aromatic heterocycles. The molecule has 84 valence electrons. The third-order valence-electron chi connectivity index (χ3n) is 3.15. The molecule has 3 nitrogen and oxygen atoms in total. The molecule has 1 unspecified atom stereocenters. The zero-order valence-corrected chi connectivity index (χ0v) is 9.95. The zero-order valence-electron chi connectivity index (χ0n) is 9.95. The van der Waals surface area contributed by atoms with E-state index in [1.807, 2.05) is 7.05 Å². The van der Waals surface area contributed by atoms with Crippen molar-refractivity contribution in [2.24, 2.45) is 5.92 Å². The summed E-state index contributed by atoms with van der Waals surface area (Å²) >= 11 is 0. The third-order valence-corrected chi connectivity index (χ3v) is 3.15. The van der Waals surface area contributed by atoms with Crippen molar-refractivity contribution in [2.45, 2.75) is 45.7 Å². The smallest absolute Gasteiger partial charge is 0.0540 e. The second kappa shape index (κ2) is 4.35. The Morgan fingerprint density at radius 1 is 1.60 bits per heavy atom. The largest absolute Gasteiger partial charge is 0.313 e. The maximum atomic E-state index is 4.51. The van der Waals surface area contributed by atoms with E-state index in [-0.39, 0.29) is 0 Å². The number of nitrogens with one attached hydrogen (secondary N) is 1. The standard InChI is InChI=1S/C12H21N3/c1-9(2)8-15-12-6-4-5-11(13-3)10(12)7-14-15/h7,9,11,13H,4-6,8H2,1-3H3. The number of hydrogen-bond donors (Lipinski definition) is 1. The lowest BCUT2D eigenvalue weighted by Crippen LogP contribution is -2.22. The fourth-order valence-corrected chi connectivity index (χ4v) is 2.42. The van der Waals surface area contributed by atoms with Crippen LogP contribution in [-0.4, -0.2) is 16.8 Å². The summed E-state index contributed by atoms with van der Waals surface area (Å²) in [6, 6.07) is 0.523. The maximum absolute atomic E-state index is 4.51. The van der Waals surface area contributed by atoms with Crippen molar-refractivity contribution in [3.8, 4) is 0 Å². The summed E-state index contributed by atoms with van der Waals surface area (Å²) in [5.41, 5.74) is 2.87. The van der Waals surface area contributed by atoms with Gasteiger partial charge >= 0.3 is 0 Å². The molecule has 0 amide bonds.